The number of carbonyl (C=O) groups excluding carboxylic acids is 1. The number of nitrogens with one attached hydrogen (secondary N) is 1. The highest BCUT2D eigenvalue weighted by Crippen LogP contribution is 2.40. The lowest BCUT2D eigenvalue weighted by atomic mass is 10.0. The average Bonchev–Trinajstić information content (AvgIpc) is 3.45. The van der Waals surface area contributed by atoms with E-state index in [9.17, 15) is 4.79 Å². The highest BCUT2D eigenvalue weighted by molar-refractivity contribution is 6.06. The Morgan fingerprint density at radius 3 is 2.65 bits per heavy atom. The number of carbonyl (C=O) groups is 1. The first-order chi connectivity index (χ1) is 11.7. The number of aryl methyl sites for hydroxylation is 1. The summed E-state index contributed by atoms with van der Waals surface area (Å²) in [6.45, 7) is 3.72. The number of benzene rings is 1. The van der Waals surface area contributed by atoms with E-state index < -0.39 is 0 Å². The normalized spacial score (nSPS) is 19.6. The number of fused-ring (bicyclic) bond motifs is 1. The van der Waals surface area contributed by atoms with Crippen molar-refractivity contribution in [2.24, 2.45) is 0 Å². The van der Waals surface area contributed by atoms with Crippen LogP contribution < -0.4 is 5.32 Å². The molecule has 0 spiro atoms. The van der Waals surface area contributed by atoms with Gasteiger partial charge in [-0.1, -0.05) is 11.6 Å². The fraction of sp³-hybridized carbons (Fsp3) is 0.500. The summed E-state index contributed by atoms with van der Waals surface area (Å²) in [6.07, 6.45) is 4.60. The van der Waals surface area contributed by atoms with Crippen LogP contribution in [0.5, 0.6) is 0 Å². The number of likely N-dealkylation sites (N-methyl/N-ethyl adjacent to an activating group) is 1. The quantitative estimate of drug-likeness (QED) is 0.850. The summed E-state index contributed by atoms with van der Waals surface area (Å²) in [5.74, 6) is 0.712. The van der Waals surface area contributed by atoms with Crippen LogP contribution in [0.4, 0.5) is 0 Å². The molecule has 4 nitrogen and oxygen atoms in total. The van der Waals surface area contributed by atoms with Crippen LogP contribution in [-0.4, -0.2) is 42.0 Å². The zero-order chi connectivity index (χ0) is 16.7. The molecule has 1 amide bonds. The van der Waals surface area contributed by atoms with E-state index in [4.69, 9.17) is 4.98 Å². The van der Waals surface area contributed by atoms with Crippen LogP contribution in [0.25, 0.3) is 10.9 Å². The monoisotopic (exact) mass is 395 g/mol. The van der Waals surface area contributed by atoms with E-state index >= 15 is 0 Å². The van der Waals surface area contributed by atoms with E-state index in [0.29, 0.717) is 12.0 Å². The van der Waals surface area contributed by atoms with Gasteiger partial charge in [-0.3, -0.25) is 9.78 Å². The average molecular weight is 396 g/mol. The van der Waals surface area contributed by atoms with E-state index in [1.165, 1.54) is 18.4 Å². The van der Waals surface area contributed by atoms with E-state index in [0.717, 1.165) is 48.1 Å². The fourth-order valence-corrected chi connectivity index (χ4v) is 3.69. The summed E-state index contributed by atoms with van der Waals surface area (Å²) in [5.41, 5.74) is 4.05. The molecule has 1 saturated carbocycles. The Morgan fingerprint density at radius 1 is 1.19 bits per heavy atom. The number of halogens is 2. The van der Waals surface area contributed by atoms with E-state index in [1.54, 1.807) is 0 Å². The second kappa shape index (κ2) is 8.55. The second-order valence-corrected chi connectivity index (χ2v) is 7.27. The van der Waals surface area contributed by atoms with Gasteiger partial charge in [-0.2, -0.15) is 0 Å². The number of aromatic nitrogens is 1. The number of nitrogens with zero attached hydrogens (tertiary/aromatic N) is 2. The van der Waals surface area contributed by atoms with Crippen LogP contribution in [0.1, 0.15) is 53.2 Å². The number of hydrogen-bond donors (Lipinski definition) is 1. The van der Waals surface area contributed by atoms with Crippen LogP contribution in [0.2, 0.25) is 0 Å². The number of pyridine rings is 1. The topological polar surface area (TPSA) is 45.2 Å². The molecule has 6 heteroatoms. The third-order valence-electron chi connectivity index (χ3n) is 5.33. The molecule has 2 aliphatic rings. The van der Waals surface area contributed by atoms with Gasteiger partial charge in [0.2, 0.25) is 0 Å². The molecule has 0 bridgehead atoms. The largest absolute Gasteiger partial charge is 0.337 e. The Labute approximate surface area is 167 Å². The number of hydrogen-bond acceptors (Lipinski definition) is 3. The number of piperidine rings is 1. The standard InChI is InChI=1S/C20H25N3O.2ClH/c1-13-5-8-18-16(10-13)17(11-19(22-18)14-6-7-14)20(24)23-9-3-4-15(12-23)21-2;;/h5,8,10-11,14-15,21H,3-4,6-7,9,12H2,1-2H3;2*1H. The number of likely N-dealkylation sites (tertiary alicyclic amines) is 1. The predicted octanol–water partition coefficient (Wildman–Crippen LogP) is 4.09. The molecule has 2 aromatic rings. The molecule has 1 N–H and O–H groups in total. The molecule has 1 unspecified atom stereocenters. The van der Waals surface area contributed by atoms with Crippen molar-refractivity contribution in [2.75, 3.05) is 20.1 Å². The van der Waals surface area contributed by atoms with Crippen LogP contribution in [0.15, 0.2) is 24.3 Å². The van der Waals surface area contributed by atoms with Gasteiger partial charge in [-0.25, -0.2) is 0 Å². The van der Waals surface area contributed by atoms with Gasteiger partial charge in [0, 0.05) is 36.1 Å². The molecule has 142 valence electrons. The molecule has 2 fully saturated rings. The van der Waals surface area contributed by atoms with Crippen LogP contribution >= 0.6 is 24.8 Å². The van der Waals surface area contributed by atoms with Crippen molar-refractivity contribution in [3.63, 3.8) is 0 Å². The summed E-state index contributed by atoms with van der Waals surface area (Å²) in [6, 6.07) is 8.70. The molecule has 1 aromatic heterocycles. The Bertz CT molecular complexity index is 792. The van der Waals surface area contributed by atoms with Gasteiger partial charge >= 0.3 is 0 Å². The minimum Gasteiger partial charge on any atom is -0.337 e. The SMILES string of the molecule is CNC1CCCN(C(=O)c2cc(C3CC3)nc3ccc(C)cc23)C1.Cl.Cl. The maximum atomic E-state index is 13.3. The summed E-state index contributed by atoms with van der Waals surface area (Å²) < 4.78 is 0. The van der Waals surface area contributed by atoms with Crippen molar-refractivity contribution < 1.29 is 4.79 Å². The molecule has 2 heterocycles. The zero-order valence-corrected chi connectivity index (χ0v) is 17.0. The van der Waals surface area contributed by atoms with Crippen LogP contribution in [-0.2, 0) is 0 Å². The van der Waals surface area contributed by atoms with E-state index in [-0.39, 0.29) is 30.7 Å². The van der Waals surface area contributed by atoms with E-state index in [2.05, 4.69) is 36.5 Å². The summed E-state index contributed by atoms with van der Waals surface area (Å²) in [4.78, 5) is 20.1. The minimum atomic E-state index is 0. The third kappa shape index (κ3) is 4.13. The molecule has 4 rings (SSSR count). The van der Waals surface area contributed by atoms with Crippen molar-refractivity contribution in [1.29, 1.82) is 0 Å². The molecule has 1 saturated heterocycles. The van der Waals surface area contributed by atoms with Gasteiger partial charge < -0.3 is 10.2 Å². The van der Waals surface area contributed by atoms with Crippen LogP contribution in [0.3, 0.4) is 0 Å². The van der Waals surface area contributed by atoms with Gasteiger partial charge in [-0.15, -0.1) is 24.8 Å². The highest BCUT2D eigenvalue weighted by atomic mass is 35.5. The summed E-state index contributed by atoms with van der Waals surface area (Å²) in [7, 11) is 1.98. The Kier molecular flexibility index (Phi) is 6.89. The van der Waals surface area contributed by atoms with Crippen molar-refractivity contribution in [1.82, 2.24) is 15.2 Å². The molecule has 1 aromatic carbocycles. The number of amides is 1. The van der Waals surface area contributed by atoms with Gasteiger partial charge in [-0.05, 0) is 57.9 Å². The van der Waals surface area contributed by atoms with Crippen molar-refractivity contribution in [3.05, 3.63) is 41.1 Å². The number of rotatable bonds is 3. The molecular formula is C20H27Cl2N3O. The smallest absolute Gasteiger partial charge is 0.254 e. The molecule has 1 aliphatic carbocycles. The molecule has 1 atom stereocenters. The van der Waals surface area contributed by atoms with Gasteiger partial charge in [0.15, 0.2) is 0 Å². The van der Waals surface area contributed by atoms with Crippen molar-refractivity contribution in [2.45, 2.75) is 44.6 Å². The summed E-state index contributed by atoms with van der Waals surface area (Å²) >= 11 is 0. The van der Waals surface area contributed by atoms with Gasteiger partial charge in [0.05, 0.1) is 11.1 Å². The van der Waals surface area contributed by atoms with Gasteiger partial charge in [0.1, 0.15) is 0 Å². The predicted molar refractivity (Wildman–Crippen MR) is 111 cm³/mol. The van der Waals surface area contributed by atoms with Crippen molar-refractivity contribution >= 4 is 41.6 Å². The second-order valence-electron chi connectivity index (χ2n) is 7.27. The highest BCUT2D eigenvalue weighted by Gasteiger charge is 2.29. The lowest BCUT2D eigenvalue weighted by molar-refractivity contribution is 0.0700. The van der Waals surface area contributed by atoms with Crippen molar-refractivity contribution in [3.8, 4) is 0 Å². The fourth-order valence-electron chi connectivity index (χ4n) is 3.69. The first-order valence-electron chi connectivity index (χ1n) is 9.03. The van der Waals surface area contributed by atoms with Crippen LogP contribution in [0, 0.1) is 6.92 Å². The Hall–Kier alpha value is -1.36. The lowest BCUT2D eigenvalue weighted by Crippen LogP contribution is -2.47. The maximum absolute atomic E-state index is 13.3. The third-order valence-corrected chi connectivity index (χ3v) is 5.33. The maximum Gasteiger partial charge on any atom is 0.254 e. The molecule has 1 aliphatic heterocycles. The van der Waals surface area contributed by atoms with E-state index in [1.807, 2.05) is 11.9 Å². The Balaban J connectivity index is 0.00000121. The minimum absolute atomic E-state index is 0. The summed E-state index contributed by atoms with van der Waals surface area (Å²) in [5, 5.41) is 4.32. The molecule has 0 radical (unpaired) electrons. The molecule has 26 heavy (non-hydrogen) atoms. The Morgan fingerprint density at radius 2 is 1.96 bits per heavy atom. The van der Waals surface area contributed by atoms with Gasteiger partial charge in [0.25, 0.3) is 5.91 Å². The molecular weight excluding hydrogens is 369 g/mol. The first kappa shape index (κ1) is 20.9. The zero-order valence-electron chi connectivity index (χ0n) is 15.3. The first-order valence-corrected chi connectivity index (χ1v) is 9.03. The lowest BCUT2D eigenvalue weighted by Gasteiger charge is -2.33.